The maximum Gasteiger partial charge on any atom is 0.346 e. The van der Waals surface area contributed by atoms with E-state index in [-0.39, 0.29) is 9.81 Å². The van der Waals surface area contributed by atoms with E-state index in [0.29, 0.717) is 23.5 Å². The average molecular weight is 258 g/mol. The number of rotatable bonds is 4. The molecule has 0 N–H and O–H groups in total. The van der Waals surface area contributed by atoms with Crippen molar-refractivity contribution in [3.05, 3.63) is 9.81 Å². The molecule has 0 aliphatic carbocycles. The second-order valence-electron chi connectivity index (χ2n) is 2.03. The first-order valence-electron chi connectivity index (χ1n) is 3.65. The molecular formula is C8H6N2O4S2. The van der Waals surface area contributed by atoms with E-state index in [4.69, 9.17) is 10.5 Å². The monoisotopic (exact) mass is 258 g/mol. The molecule has 0 atom stereocenters. The summed E-state index contributed by atoms with van der Waals surface area (Å²) < 4.78 is 8.78. The lowest BCUT2D eigenvalue weighted by atomic mass is 10.5. The number of carbonyl (C=O) groups excluding carboxylic acids is 2. The number of hydrogen-bond acceptors (Lipinski definition) is 8. The van der Waals surface area contributed by atoms with E-state index in [1.54, 1.807) is 10.8 Å². The Hall–Kier alpha value is -1.64. The molecule has 0 saturated heterocycles. The van der Waals surface area contributed by atoms with Crippen molar-refractivity contribution >= 4 is 35.5 Å². The highest BCUT2D eigenvalue weighted by Gasteiger charge is 2.24. The van der Waals surface area contributed by atoms with Crippen molar-refractivity contribution in [1.82, 2.24) is 0 Å². The highest BCUT2D eigenvalue weighted by atomic mass is 32.2. The summed E-state index contributed by atoms with van der Waals surface area (Å²) in [6, 6.07) is 0. The largest absolute Gasteiger partial charge is 0.465 e. The van der Waals surface area contributed by atoms with Gasteiger partial charge in [0.25, 0.3) is 0 Å². The summed E-state index contributed by atoms with van der Waals surface area (Å²) in [5.74, 6) is -1.73. The van der Waals surface area contributed by atoms with Gasteiger partial charge >= 0.3 is 11.9 Å². The second-order valence-corrected chi connectivity index (χ2v) is 3.62. The fraction of sp³-hybridized carbons (Fsp3) is 0.250. The number of nitriles is 2. The van der Waals surface area contributed by atoms with E-state index in [9.17, 15) is 9.59 Å². The van der Waals surface area contributed by atoms with Crippen LogP contribution in [0.4, 0.5) is 0 Å². The smallest absolute Gasteiger partial charge is 0.346 e. The fourth-order valence-corrected chi connectivity index (χ4v) is 1.76. The van der Waals surface area contributed by atoms with Gasteiger partial charge in [-0.3, -0.25) is 0 Å². The number of esters is 2. The zero-order chi connectivity index (χ0) is 12.6. The molecule has 6 nitrogen and oxygen atoms in total. The molecule has 16 heavy (non-hydrogen) atoms. The molecule has 84 valence electrons. The van der Waals surface area contributed by atoms with E-state index >= 15 is 0 Å². The van der Waals surface area contributed by atoms with E-state index < -0.39 is 11.9 Å². The molecule has 0 heterocycles. The third kappa shape index (κ3) is 3.85. The molecule has 0 aliphatic heterocycles. The second kappa shape index (κ2) is 7.63. The van der Waals surface area contributed by atoms with Crippen molar-refractivity contribution in [2.24, 2.45) is 0 Å². The molecule has 0 aliphatic rings. The van der Waals surface area contributed by atoms with Crippen LogP contribution >= 0.6 is 23.5 Å². The van der Waals surface area contributed by atoms with Crippen molar-refractivity contribution < 1.29 is 19.1 Å². The minimum absolute atomic E-state index is 0.261. The number of hydrogen-bond donors (Lipinski definition) is 0. The number of nitrogens with zero attached hydrogens (tertiary/aromatic N) is 2. The Morgan fingerprint density at radius 1 is 0.938 bits per heavy atom. The van der Waals surface area contributed by atoms with Crippen molar-refractivity contribution in [2.75, 3.05) is 14.2 Å². The van der Waals surface area contributed by atoms with Crippen LogP contribution in [0.5, 0.6) is 0 Å². The quantitative estimate of drug-likeness (QED) is 0.417. The van der Waals surface area contributed by atoms with Gasteiger partial charge in [0.15, 0.2) is 0 Å². The summed E-state index contributed by atoms with van der Waals surface area (Å²) in [4.78, 5) is 22.0. The van der Waals surface area contributed by atoms with E-state index in [2.05, 4.69) is 9.47 Å². The van der Waals surface area contributed by atoms with Crippen LogP contribution in [-0.4, -0.2) is 26.2 Å². The lowest BCUT2D eigenvalue weighted by molar-refractivity contribution is -0.138. The number of thioether (sulfide) groups is 2. The molecule has 0 radical (unpaired) electrons. The lowest BCUT2D eigenvalue weighted by Crippen LogP contribution is -2.10. The summed E-state index contributed by atoms with van der Waals surface area (Å²) in [5, 5.41) is 20.2. The van der Waals surface area contributed by atoms with Crippen LogP contribution in [0.2, 0.25) is 0 Å². The minimum atomic E-state index is -0.866. The van der Waals surface area contributed by atoms with Gasteiger partial charge in [0.05, 0.1) is 14.2 Å². The Morgan fingerprint density at radius 2 is 1.25 bits per heavy atom. The molecule has 0 bridgehead atoms. The minimum Gasteiger partial charge on any atom is -0.465 e. The fourth-order valence-electron chi connectivity index (χ4n) is 0.638. The SMILES string of the molecule is COC(=O)C(SC#N)=C(SC#N)C(=O)OC. The van der Waals surface area contributed by atoms with Gasteiger partial charge in [0, 0.05) is 0 Å². The van der Waals surface area contributed by atoms with Crippen LogP contribution < -0.4 is 0 Å². The van der Waals surface area contributed by atoms with E-state index in [0.717, 1.165) is 14.2 Å². The number of ether oxygens (including phenoxy) is 2. The van der Waals surface area contributed by atoms with E-state index in [1.807, 2.05) is 0 Å². The first kappa shape index (κ1) is 14.4. The average Bonchev–Trinajstić information content (AvgIpc) is 2.31. The van der Waals surface area contributed by atoms with Crippen LogP contribution in [0.15, 0.2) is 9.81 Å². The normalized spacial score (nSPS) is 10.5. The Morgan fingerprint density at radius 3 is 1.44 bits per heavy atom. The Bertz CT molecular complexity index is 367. The Balaban J connectivity index is 5.45. The molecule has 0 rings (SSSR count). The highest BCUT2D eigenvalue weighted by Crippen LogP contribution is 2.28. The number of thiocyanates is 2. The predicted molar refractivity (Wildman–Crippen MR) is 57.5 cm³/mol. The van der Waals surface area contributed by atoms with Gasteiger partial charge in [0.1, 0.15) is 20.6 Å². The van der Waals surface area contributed by atoms with Crippen LogP contribution in [0.3, 0.4) is 0 Å². The van der Waals surface area contributed by atoms with Gasteiger partial charge in [-0.05, 0) is 23.5 Å². The van der Waals surface area contributed by atoms with E-state index in [1.165, 1.54) is 0 Å². The van der Waals surface area contributed by atoms with Gasteiger partial charge in [-0.15, -0.1) is 0 Å². The molecule has 0 amide bonds. The molecule has 0 unspecified atom stereocenters. The van der Waals surface area contributed by atoms with Gasteiger partial charge in [-0.25, -0.2) is 9.59 Å². The Labute approximate surface area is 100 Å². The van der Waals surface area contributed by atoms with Gasteiger partial charge in [0.2, 0.25) is 0 Å². The molecular weight excluding hydrogens is 252 g/mol. The highest BCUT2D eigenvalue weighted by molar-refractivity contribution is 8.12. The lowest BCUT2D eigenvalue weighted by Gasteiger charge is -2.05. The van der Waals surface area contributed by atoms with Crippen LogP contribution in [0.1, 0.15) is 0 Å². The first-order valence-corrected chi connectivity index (χ1v) is 5.28. The molecule has 0 fully saturated rings. The Kier molecular flexibility index (Phi) is 6.84. The van der Waals surface area contributed by atoms with Crippen molar-refractivity contribution in [2.45, 2.75) is 0 Å². The standard InChI is InChI=1S/C8H6N2O4S2/c1-13-7(11)5(15-3-9)6(16-4-10)8(12)14-2/h1-2H3. The van der Waals surface area contributed by atoms with Gasteiger partial charge < -0.3 is 9.47 Å². The zero-order valence-electron chi connectivity index (χ0n) is 8.34. The summed E-state index contributed by atoms with van der Waals surface area (Å²) in [6.07, 6.45) is 0. The summed E-state index contributed by atoms with van der Waals surface area (Å²) in [6.45, 7) is 0. The third-order valence-electron chi connectivity index (χ3n) is 1.24. The van der Waals surface area contributed by atoms with Gasteiger partial charge in [-0.2, -0.15) is 10.5 Å². The number of methoxy groups -OCH3 is 2. The molecule has 0 aromatic heterocycles. The third-order valence-corrected chi connectivity index (χ3v) is 2.70. The predicted octanol–water partition coefficient (Wildman–Crippen LogP) is 0.973. The summed E-state index contributed by atoms with van der Waals surface area (Å²) in [5.41, 5.74) is 0. The maximum absolute atomic E-state index is 11.3. The van der Waals surface area contributed by atoms with Crippen molar-refractivity contribution in [1.29, 1.82) is 10.5 Å². The van der Waals surface area contributed by atoms with Crippen molar-refractivity contribution in [3.8, 4) is 10.8 Å². The molecule has 0 aromatic rings. The van der Waals surface area contributed by atoms with Crippen LogP contribution in [0, 0.1) is 21.3 Å². The summed E-state index contributed by atoms with van der Waals surface area (Å²) >= 11 is 0.877. The molecule has 0 spiro atoms. The maximum atomic E-state index is 11.3. The molecule has 0 aromatic carbocycles. The zero-order valence-corrected chi connectivity index (χ0v) is 9.98. The molecule has 8 heteroatoms. The van der Waals surface area contributed by atoms with Gasteiger partial charge in [-0.1, -0.05) is 0 Å². The first-order chi connectivity index (χ1) is 7.62. The molecule has 0 saturated carbocycles. The van der Waals surface area contributed by atoms with Crippen molar-refractivity contribution in [3.63, 3.8) is 0 Å². The number of carbonyl (C=O) groups is 2. The van der Waals surface area contributed by atoms with Crippen LogP contribution in [-0.2, 0) is 19.1 Å². The van der Waals surface area contributed by atoms with Crippen LogP contribution in [0.25, 0.3) is 0 Å². The summed E-state index contributed by atoms with van der Waals surface area (Å²) in [7, 11) is 2.21. The topological polar surface area (TPSA) is 100 Å².